The fourth-order valence-corrected chi connectivity index (χ4v) is 3.64. The largest absolute Gasteiger partial charge is 0.273 e. The standard InChI is InChI=1S/C16H19FN2O/c1-16-9-3-2-4-13(16)14(16)15(20)19-18-10-11-5-7-12(17)8-6-11/h5-8,10,13-14H,2-4,9H2,1H3,(H,19,20)/b18-10-/t13-,14+,16+/m1/s1. The van der Waals surface area contributed by atoms with Gasteiger partial charge in [-0.25, -0.2) is 9.82 Å². The SMILES string of the molecule is C[C@]12CCCC[C@@H]1[C@H]2C(=O)N/N=C\c1ccc(F)cc1. The molecule has 0 spiro atoms. The lowest BCUT2D eigenvalue weighted by Gasteiger charge is -2.15. The summed E-state index contributed by atoms with van der Waals surface area (Å²) in [4.78, 5) is 12.1. The predicted molar refractivity (Wildman–Crippen MR) is 75.7 cm³/mol. The monoisotopic (exact) mass is 274 g/mol. The lowest BCUT2D eigenvalue weighted by Crippen LogP contribution is -2.22. The third-order valence-electron chi connectivity index (χ3n) is 4.87. The van der Waals surface area contributed by atoms with Crippen molar-refractivity contribution in [2.24, 2.45) is 22.4 Å². The molecule has 2 aliphatic rings. The van der Waals surface area contributed by atoms with Crippen LogP contribution in [0.5, 0.6) is 0 Å². The van der Waals surface area contributed by atoms with Gasteiger partial charge >= 0.3 is 0 Å². The Morgan fingerprint density at radius 3 is 2.80 bits per heavy atom. The zero-order chi connectivity index (χ0) is 14.2. The molecule has 3 atom stereocenters. The Bertz CT molecular complexity index is 540. The topological polar surface area (TPSA) is 41.5 Å². The maximum Gasteiger partial charge on any atom is 0.244 e. The third-order valence-corrected chi connectivity index (χ3v) is 4.87. The van der Waals surface area contributed by atoms with E-state index in [1.165, 1.54) is 25.0 Å². The van der Waals surface area contributed by atoms with Gasteiger partial charge in [-0.05, 0) is 41.9 Å². The number of carbonyl (C=O) groups excluding carboxylic acids is 1. The number of carbonyl (C=O) groups is 1. The van der Waals surface area contributed by atoms with Crippen molar-refractivity contribution in [1.82, 2.24) is 5.43 Å². The summed E-state index contributed by atoms with van der Waals surface area (Å²) in [6, 6.07) is 6.01. The smallest absolute Gasteiger partial charge is 0.244 e. The van der Waals surface area contributed by atoms with Crippen LogP contribution < -0.4 is 5.43 Å². The molecule has 4 heteroatoms. The molecule has 1 N–H and O–H groups in total. The van der Waals surface area contributed by atoms with Gasteiger partial charge in [0, 0.05) is 5.92 Å². The minimum atomic E-state index is -0.277. The van der Waals surface area contributed by atoms with Gasteiger partial charge in [0.2, 0.25) is 5.91 Å². The molecule has 0 radical (unpaired) electrons. The zero-order valence-electron chi connectivity index (χ0n) is 11.6. The minimum absolute atomic E-state index is 0.0257. The lowest BCUT2D eigenvalue weighted by atomic mass is 9.90. The van der Waals surface area contributed by atoms with Crippen LogP contribution in [0.3, 0.4) is 0 Å². The van der Waals surface area contributed by atoms with Gasteiger partial charge in [0.25, 0.3) is 0 Å². The Morgan fingerprint density at radius 2 is 2.15 bits per heavy atom. The second-order valence-electron chi connectivity index (χ2n) is 6.12. The van der Waals surface area contributed by atoms with Crippen molar-refractivity contribution in [3.8, 4) is 0 Å². The Balaban J connectivity index is 1.56. The second kappa shape index (κ2) is 5.00. The van der Waals surface area contributed by atoms with Crippen LogP contribution in [0.25, 0.3) is 0 Å². The average Bonchev–Trinajstić information content (AvgIpc) is 3.06. The van der Waals surface area contributed by atoms with Crippen LogP contribution in [0, 0.1) is 23.1 Å². The molecule has 0 heterocycles. The first-order valence-electron chi connectivity index (χ1n) is 7.20. The second-order valence-corrected chi connectivity index (χ2v) is 6.12. The van der Waals surface area contributed by atoms with E-state index in [1.54, 1.807) is 18.3 Å². The number of rotatable bonds is 3. The van der Waals surface area contributed by atoms with Gasteiger partial charge in [-0.15, -0.1) is 0 Å². The van der Waals surface area contributed by atoms with Crippen molar-refractivity contribution < 1.29 is 9.18 Å². The number of amides is 1. The summed E-state index contributed by atoms with van der Waals surface area (Å²) in [5, 5.41) is 3.97. The van der Waals surface area contributed by atoms with Crippen LogP contribution in [0.4, 0.5) is 4.39 Å². The number of hydrogen-bond donors (Lipinski definition) is 1. The van der Waals surface area contributed by atoms with Crippen molar-refractivity contribution in [3.63, 3.8) is 0 Å². The van der Waals surface area contributed by atoms with Gasteiger partial charge in [0.05, 0.1) is 6.21 Å². The van der Waals surface area contributed by atoms with E-state index in [1.807, 2.05) is 0 Å². The quantitative estimate of drug-likeness (QED) is 0.668. The van der Waals surface area contributed by atoms with E-state index >= 15 is 0 Å². The molecule has 106 valence electrons. The Hall–Kier alpha value is -1.71. The fourth-order valence-electron chi connectivity index (χ4n) is 3.64. The fraction of sp³-hybridized carbons (Fsp3) is 0.500. The van der Waals surface area contributed by atoms with Crippen molar-refractivity contribution in [3.05, 3.63) is 35.6 Å². The van der Waals surface area contributed by atoms with E-state index in [-0.39, 0.29) is 23.1 Å². The maximum absolute atomic E-state index is 12.7. The Labute approximate surface area is 118 Å². The molecule has 2 aliphatic carbocycles. The van der Waals surface area contributed by atoms with Crippen LogP contribution in [0.15, 0.2) is 29.4 Å². The number of benzene rings is 1. The highest BCUT2D eigenvalue weighted by molar-refractivity contribution is 5.85. The van der Waals surface area contributed by atoms with E-state index in [0.29, 0.717) is 5.92 Å². The van der Waals surface area contributed by atoms with Gasteiger partial charge in [0.1, 0.15) is 5.82 Å². The molecule has 0 unspecified atom stereocenters. The van der Waals surface area contributed by atoms with Crippen LogP contribution in [0.2, 0.25) is 0 Å². The van der Waals surface area contributed by atoms with Gasteiger partial charge in [0.15, 0.2) is 0 Å². The van der Waals surface area contributed by atoms with Crippen molar-refractivity contribution >= 4 is 12.1 Å². The molecule has 1 amide bonds. The van der Waals surface area contributed by atoms with Crippen molar-refractivity contribution in [1.29, 1.82) is 0 Å². The summed E-state index contributed by atoms with van der Waals surface area (Å²) in [7, 11) is 0. The summed E-state index contributed by atoms with van der Waals surface area (Å²) < 4.78 is 12.7. The molecular weight excluding hydrogens is 255 g/mol. The molecule has 0 aromatic heterocycles. The number of hydrazone groups is 1. The van der Waals surface area contributed by atoms with E-state index in [2.05, 4.69) is 17.5 Å². The summed E-state index contributed by atoms with van der Waals surface area (Å²) in [6.45, 7) is 2.21. The van der Waals surface area contributed by atoms with Crippen LogP contribution in [-0.2, 0) is 4.79 Å². The number of fused-ring (bicyclic) bond motifs is 1. The van der Waals surface area contributed by atoms with Gasteiger partial charge in [-0.3, -0.25) is 4.79 Å². The van der Waals surface area contributed by atoms with Gasteiger partial charge < -0.3 is 0 Å². The summed E-state index contributed by atoms with van der Waals surface area (Å²) in [5.41, 5.74) is 3.60. The number of nitrogens with zero attached hydrogens (tertiary/aromatic N) is 1. The van der Waals surface area contributed by atoms with Crippen LogP contribution in [-0.4, -0.2) is 12.1 Å². The molecule has 2 saturated carbocycles. The highest BCUT2D eigenvalue weighted by atomic mass is 19.1. The number of halogens is 1. The van der Waals surface area contributed by atoms with E-state index in [9.17, 15) is 9.18 Å². The maximum atomic E-state index is 12.7. The van der Waals surface area contributed by atoms with Gasteiger partial charge in [-0.2, -0.15) is 5.10 Å². The average molecular weight is 274 g/mol. The number of hydrogen-bond acceptors (Lipinski definition) is 2. The molecule has 0 aliphatic heterocycles. The van der Waals surface area contributed by atoms with Crippen LogP contribution >= 0.6 is 0 Å². The van der Waals surface area contributed by atoms with Crippen molar-refractivity contribution in [2.75, 3.05) is 0 Å². The van der Waals surface area contributed by atoms with Crippen molar-refractivity contribution in [2.45, 2.75) is 32.6 Å². The van der Waals surface area contributed by atoms with E-state index < -0.39 is 0 Å². The molecule has 20 heavy (non-hydrogen) atoms. The molecule has 0 saturated heterocycles. The zero-order valence-corrected chi connectivity index (χ0v) is 11.6. The van der Waals surface area contributed by atoms with Crippen LogP contribution in [0.1, 0.15) is 38.2 Å². The highest BCUT2D eigenvalue weighted by Gasteiger charge is 2.64. The first-order chi connectivity index (χ1) is 9.61. The normalized spacial score (nSPS) is 31.9. The third kappa shape index (κ3) is 2.35. The highest BCUT2D eigenvalue weighted by Crippen LogP contribution is 2.66. The molecule has 1 aromatic rings. The molecular formula is C16H19FN2O. The first-order valence-corrected chi connectivity index (χ1v) is 7.20. The molecule has 1 aromatic carbocycles. The molecule has 3 nitrogen and oxygen atoms in total. The Kier molecular flexibility index (Phi) is 3.32. The number of nitrogens with one attached hydrogen (secondary N) is 1. The molecule has 3 rings (SSSR count). The first kappa shape index (κ1) is 13.3. The Morgan fingerprint density at radius 1 is 1.40 bits per heavy atom. The predicted octanol–water partition coefficient (Wildman–Crippen LogP) is 3.10. The van der Waals surface area contributed by atoms with E-state index in [4.69, 9.17) is 0 Å². The molecule has 2 fully saturated rings. The molecule has 0 bridgehead atoms. The van der Waals surface area contributed by atoms with Gasteiger partial charge in [-0.1, -0.05) is 31.9 Å². The lowest BCUT2D eigenvalue weighted by molar-refractivity contribution is -0.123. The minimum Gasteiger partial charge on any atom is -0.273 e. The summed E-state index contributed by atoms with van der Waals surface area (Å²) >= 11 is 0. The summed E-state index contributed by atoms with van der Waals surface area (Å²) in [6.07, 6.45) is 6.33. The van der Waals surface area contributed by atoms with E-state index in [0.717, 1.165) is 18.4 Å². The summed E-state index contributed by atoms with van der Waals surface area (Å²) in [5.74, 6) is 0.409.